The summed E-state index contributed by atoms with van der Waals surface area (Å²) >= 11 is 3.33. The Labute approximate surface area is 116 Å². The van der Waals surface area contributed by atoms with Gasteiger partial charge in [-0.3, -0.25) is 4.79 Å². The van der Waals surface area contributed by atoms with Gasteiger partial charge in [-0.1, -0.05) is 19.8 Å². The van der Waals surface area contributed by atoms with E-state index in [9.17, 15) is 4.79 Å². The van der Waals surface area contributed by atoms with Gasteiger partial charge < -0.3 is 11.1 Å². The van der Waals surface area contributed by atoms with Crippen molar-refractivity contribution in [2.45, 2.75) is 38.6 Å². The standard InChI is InChI=1S/C14H19BrN2O/c1-9-3-2-4-11(7-9)17-14(18)10-5-6-12(15)13(16)8-10/h5-6,8-9,11H,2-4,7,16H2,1H3,(H,17,18). The average molecular weight is 311 g/mol. The number of nitrogens with two attached hydrogens (primary N) is 1. The number of nitrogen functional groups attached to an aromatic ring is 1. The molecule has 2 atom stereocenters. The second-order valence-corrected chi connectivity index (χ2v) is 6.03. The fourth-order valence-corrected chi connectivity index (χ4v) is 2.77. The molecule has 0 aliphatic heterocycles. The van der Waals surface area contributed by atoms with E-state index in [0.29, 0.717) is 23.2 Å². The summed E-state index contributed by atoms with van der Waals surface area (Å²) < 4.78 is 0.824. The minimum absolute atomic E-state index is 0.0201. The largest absolute Gasteiger partial charge is 0.398 e. The normalized spacial score (nSPS) is 23.7. The Morgan fingerprint density at radius 2 is 2.22 bits per heavy atom. The third-order valence-corrected chi connectivity index (χ3v) is 4.25. The molecule has 1 fully saturated rings. The minimum atomic E-state index is -0.0201. The highest BCUT2D eigenvalue weighted by molar-refractivity contribution is 9.10. The van der Waals surface area contributed by atoms with E-state index in [1.54, 1.807) is 12.1 Å². The SMILES string of the molecule is CC1CCCC(NC(=O)c2ccc(Br)c(N)c2)C1. The van der Waals surface area contributed by atoms with Crippen LogP contribution in [0.25, 0.3) is 0 Å². The van der Waals surface area contributed by atoms with Crippen molar-refractivity contribution in [3.8, 4) is 0 Å². The molecular formula is C14H19BrN2O. The molecule has 1 aromatic carbocycles. The monoisotopic (exact) mass is 310 g/mol. The van der Waals surface area contributed by atoms with Crippen LogP contribution in [-0.2, 0) is 0 Å². The van der Waals surface area contributed by atoms with E-state index < -0.39 is 0 Å². The van der Waals surface area contributed by atoms with Crippen LogP contribution in [0.2, 0.25) is 0 Å². The number of rotatable bonds is 2. The molecular weight excluding hydrogens is 292 g/mol. The second-order valence-electron chi connectivity index (χ2n) is 5.18. The molecule has 0 radical (unpaired) electrons. The van der Waals surface area contributed by atoms with Crippen molar-refractivity contribution in [3.63, 3.8) is 0 Å². The molecule has 0 saturated heterocycles. The van der Waals surface area contributed by atoms with E-state index in [2.05, 4.69) is 28.2 Å². The minimum Gasteiger partial charge on any atom is -0.398 e. The van der Waals surface area contributed by atoms with Gasteiger partial charge in [-0.2, -0.15) is 0 Å². The van der Waals surface area contributed by atoms with Crippen LogP contribution in [0.5, 0.6) is 0 Å². The third-order valence-electron chi connectivity index (χ3n) is 3.53. The van der Waals surface area contributed by atoms with Gasteiger partial charge in [0.2, 0.25) is 0 Å². The average Bonchev–Trinajstić information content (AvgIpc) is 2.32. The highest BCUT2D eigenvalue weighted by Crippen LogP contribution is 2.24. The Bertz CT molecular complexity index is 447. The van der Waals surface area contributed by atoms with E-state index in [0.717, 1.165) is 17.3 Å². The number of hydrogen-bond acceptors (Lipinski definition) is 2. The Hall–Kier alpha value is -1.03. The lowest BCUT2D eigenvalue weighted by Gasteiger charge is -2.27. The van der Waals surface area contributed by atoms with Crippen molar-refractivity contribution in [3.05, 3.63) is 28.2 Å². The van der Waals surface area contributed by atoms with Gasteiger partial charge in [0, 0.05) is 21.8 Å². The van der Waals surface area contributed by atoms with Gasteiger partial charge >= 0.3 is 0 Å². The molecule has 1 amide bonds. The quantitative estimate of drug-likeness (QED) is 0.823. The summed E-state index contributed by atoms with van der Waals surface area (Å²) in [5.41, 5.74) is 7.02. The zero-order valence-electron chi connectivity index (χ0n) is 10.6. The number of carbonyl (C=O) groups excluding carboxylic acids is 1. The van der Waals surface area contributed by atoms with Crippen molar-refractivity contribution in [2.24, 2.45) is 5.92 Å². The van der Waals surface area contributed by atoms with Gasteiger partial charge in [0.15, 0.2) is 0 Å². The number of benzene rings is 1. The molecule has 0 aromatic heterocycles. The van der Waals surface area contributed by atoms with Crippen LogP contribution in [0.15, 0.2) is 22.7 Å². The molecule has 98 valence electrons. The zero-order valence-corrected chi connectivity index (χ0v) is 12.2. The lowest BCUT2D eigenvalue weighted by atomic mass is 9.87. The summed E-state index contributed by atoms with van der Waals surface area (Å²) in [6, 6.07) is 5.63. The Morgan fingerprint density at radius 3 is 2.89 bits per heavy atom. The lowest BCUT2D eigenvalue weighted by molar-refractivity contribution is 0.0921. The number of halogens is 1. The molecule has 18 heavy (non-hydrogen) atoms. The van der Waals surface area contributed by atoms with Crippen LogP contribution in [0, 0.1) is 5.92 Å². The van der Waals surface area contributed by atoms with Gasteiger partial charge in [-0.05, 0) is 52.9 Å². The molecule has 0 heterocycles. The predicted octanol–water partition coefficient (Wildman–Crippen LogP) is 3.34. The van der Waals surface area contributed by atoms with Crippen LogP contribution >= 0.6 is 15.9 Å². The van der Waals surface area contributed by atoms with Crippen molar-refractivity contribution in [2.75, 3.05) is 5.73 Å². The van der Waals surface area contributed by atoms with E-state index in [4.69, 9.17) is 5.73 Å². The summed E-state index contributed by atoms with van der Waals surface area (Å²) in [4.78, 5) is 12.1. The molecule has 3 nitrogen and oxygen atoms in total. The van der Waals surface area contributed by atoms with Crippen LogP contribution in [0.3, 0.4) is 0 Å². The lowest BCUT2D eigenvalue weighted by Crippen LogP contribution is -2.37. The van der Waals surface area contributed by atoms with Gasteiger partial charge in [-0.25, -0.2) is 0 Å². The Balaban J connectivity index is 2.00. The van der Waals surface area contributed by atoms with Crippen LogP contribution in [0.4, 0.5) is 5.69 Å². The van der Waals surface area contributed by atoms with Crippen LogP contribution in [0.1, 0.15) is 43.0 Å². The van der Waals surface area contributed by atoms with Gasteiger partial charge in [0.1, 0.15) is 0 Å². The van der Waals surface area contributed by atoms with E-state index in [1.807, 2.05) is 6.07 Å². The number of nitrogens with one attached hydrogen (secondary N) is 1. The molecule has 1 saturated carbocycles. The number of carbonyl (C=O) groups is 1. The van der Waals surface area contributed by atoms with Crippen molar-refractivity contribution in [1.29, 1.82) is 0 Å². The number of hydrogen-bond donors (Lipinski definition) is 2. The molecule has 2 rings (SSSR count). The highest BCUT2D eigenvalue weighted by atomic mass is 79.9. The van der Waals surface area contributed by atoms with Crippen molar-refractivity contribution < 1.29 is 4.79 Å². The summed E-state index contributed by atoms with van der Waals surface area (Å²) in [6.07, 6.45) is 4.64. The first-order valence-electron chi connectivity index (χ1n) is 6.42. The van der Waals surface area contributed by atoms with Crippen LogP contribution < -0.4 is 11.1 Å². The molecule has 2 unspecified atom stereocenters. The molecule has 0 spiro atoms. The van der Waals surface area contributed by atoms with Gasteiger partial charge in [0.05, 0.1) is 0 Å². The summed E-state index contributed by atoms with van der Waals surface area (Å²) in [6.45, 7) is 2.25. The van der Waals surface area contributed by atoms with Crippen molar-refractivity contribution in [1.82, 2.24) is 5.32 Å². The highest BCUT2D eigenvalue weighted by Gasteiger charge is 2.20. The number of anilines is 1. The first-order valence-corrected chi connectivity index (χ1v) is 7.21. The fourth-order valence-electron chi connectivity index (χ4n) is 2.52. The molecule has 4 heteroatoms. The second kappa shape index (κ2) is 5.74. The molecule has 3 N–H and O–H groups in total. The predicted molar refractivity (Wildman–Crippen MR) is 77.4 cm³/mol. The van der Waals surface area contributed by atoms with E-state index >= 15 is 0 Å². The zero-order chi connectivity index (χ0) is 13.1. The maximum Gasteiger partial charge on any atom is 0.251 e. The smallest absolute Gasteiger partial charge is 0.251 e. The van der Waals surface area contributed by atoms with Gasteiger partial charge in [-0.15, -0.1) is 0 Å². The van der Waals surface area contributed by atoms with Gasteiger partial charge in [0.25, 0.3) is 5.91 Å². The fraction of sp³-hybridized carbons (Fsp3) is 0.500. The topological polar surface area (TPSA) is 55.1 Å². The van der Waals surface area contributed by atoms with E-state index in [-0.39, 0.29) is 5.91 Å². The number of amides is 1. The molecule has 1 aromatic rings. The summed E-state index contributed by atoms with van der Waals surface area (Å²) in [5, 5.41) is 3.10. The summed E-state index contributed by atoms with van der Waals surface area (Å²) in [7, 11) is 0. The van der Waals surface area contributed by atoms with Crippen molar-refractivity contribution >= 4 is 27.5 Å². The first-order chi connectivity index (χ1) is 8.56. The maximum atomic E-state index is 12.1. The Kier molecular flexibility index (Phi) is 4.27. The summed E-state index contributed by atoms with van der Waals surface area (Å²) in [5.74, 6) is 0.687. The maximum absolute atomic E-state index is 12.1. The Morgan fingerprint density at radius 1 is 1.44 bits per heavy atom. The van der Waals surface area contributed by atoms with E-state index in [1.165, 1.54) is 12.8 Å². The molecule has 0 bridgehead atoms. The first kappa shape index (κ1) is 13.4. The molecule has 1 aliphatic rings. The third kappa shape index (κ3) is 3.25. The van der Waals surface area contributed by atoms with Crippen LogP contribution in [-0.4, -0.2) is 11.9 Å². The molecule has 1 aliphatic carbocycles.